The van der Waals surface area contributed by atoms with Crippen LogP contribution in [-0.4, -0.2) is 35.6 Å². The zero-order valence-corrected chi connectivity index (χ0v) is 16.8. The molecule has 1 atom stereocenters. The van der Waals surface area contributed by atoms with Gasteiger partial charge in [0.25, 0.3) is 0 Å². The fourth-order valence-corrected chi connectivity index (χ4v) is 4.05. The normalized spacial score (nSPS) is 16.0. The van der Waals surface area contributed by atoms with Crippen molar-refractivity contribution in [1.29, 1.82) is 0 Å². The summed E-state index contributed by atoms with van der Waals surface area (Å²) in [7, 11) is 0. The number of hydrogen-bond acceptors (Lipinski definition) is 2. The van der Waals surface area contributed by atoms with E-state index < -0.39 is 0 Å². The molecule has 2 heterocycles. The molecule has 0 spiro atoms. The molecule has 1 N–H and O–H groups in total. The fraction of sp³-hybridized carbons (Fsp3) is 0.333. The van der Waals surface area contributed by atoms with Crippen molar-refractivity contribution >= 4 is 46.6 Å². The third-order valence-corrected chi connectivity index (χ3v) is 5.22. The topological polar surface area (TPSA) is 20.2 Å². The summed E-state index contributed by atoms with van der Waals surface area (Å²) in [4.78, 5) is 2.52. The van der Waals surface area contributed by atoms with Crippen molar-refractivity contribution in [3.05, 3.63) is 60.7 Å². The van der Waals surface area contributed by atoms with Gasteiger partial charge in [0, 0.05) is 54.5 Å². The summed E-state index contributed by atoms with van der Waals surface area (Å²) in [6, 6.07) is 15.9. The van der Waals surface area contributed by atoms with Gasteiger partial charge in [-0.2, -0.15) is 0 Å². The van der Waals surface area contributed by atoms with Gasteiger partial charge in [-0.25, -0.2) is 0 Å². The largest absolute Gasteiger partial charge is 0.341 e. The molecule has 0 aliphatic carbocycles. The first kappa shape index (κ1) is 20.8. The molecule has 26 heavy (non-hydrogen) atoms. The highest BCUT2D eigenvalue weighted by atomic mass is 35.5. The minimum absolute atomic E-state index is 0. The SMILES string of the molecule is C=C[C@@H](c1ccc2c(c1)c1ccccc1n2CC)N1CCNCC1.Cl.Cl. The molecule has 3 aromatic rings. The Morgan fingerprint density at radius 1 is 1.04 bits per heavy atom. The van der Waals surface area contributed by atoms with Gasteiger partial charge in [-0.3, -0.25) is 4.90 Å². The van der Waals surface area contributed by atoms with Crippen LogP contribution in [0.3, 0.4) is 0 Å². The Morgan fingerprint density at radius 2 is 1.73 bits per heavy atom. The number of nitrogens with one attached hydrogen (secondary N) is 1. The number of aryl methyl sites for hydroxylation is 1. The van der Waals surface area contributed by atoms with Crippen molar-refractivity contribution in [2.45, 2.75) is 19.5 Å². The summed E-state index contributed by atoms with van der Waals surface area (Å²) < 4.78 is 2.40. The van der Waals surface area contributed by atoms with E-state index in [9.17, 15) is 0 Å². The van der Waals surface area contributed by atoms with Crippen molar-refractivity contribution in [3.63, 3.8) is 0 Å². The Kier molecular flexibility index (Phi) is 7.13. The Labute approximate surface area is 167 Å². The molecular formula is C21H27Cl2N3. The molecule has 4 rings (SSSR count). The van der Waals surface area contributed by atoms with Gasteiger partial charge in [-0.1, -0.05) is 30.3 Å². The molecule has 1 aliphatic heterocycles. The summed E-state index contributed by atoms with van der Waals surface area (Å²) in [6.45, 7) is 11.6. The van der Waals surface area contributed by atoms with Crippen molar-refractivity contribution < 1.29 is 0 Å². The second kappa shape index (κ2) is 8.92. The number of benzene rings is 2. The van der Waals surface area contributed by atoms with Crippen LogP contribution in [0.4, 0.5) is 0 Å². The van der Waals surface area contributed by atoms with Crippen LogP contribution in [0.25, 0.3) is 21.8 Å². The van der Waals surface area contributed by atoms with Crippen LogP contribution < -0.4 is 5.32 Å². The average Bonchev–Trinajstić information content (AvgIpc) is 2.96. The van der Waals surface area contributed by atoms with Crippen LogP contribution in [-0.2, 0) is 6.54 Å². The predicted molar refractivity (Wildman–Crippen MR) is 117 cm³/mol. The van der Waals surface area contributed by atoms with Crippen LogP contribution >= 0.6 is 24.8 Å². The molecular weight excluding hydrogens is 365 g/mol. The molecule has 1 fully saturated rings. The lowest BCUT2D eigenvalue weighted by atomic mass is 10.0. The van der Waals surface area contributed by atoms with Crippen LogP contribution in [0.15, 0.2) is 55.1 Å². The molecule has 1 aliphatic rings. The van der Waals surface area contributed by atoms with Gasteiger partial charge < -0.3 is 9.88 Å². The number of hydrogen-bond donors (Lipinski definition) is 1. The molecule has 2 aromatic carbocycles. The zero-order valence-electron chi connectivity index (χ0n) is 15.1. The molecule has 0 unspecified atom stereocenters. The fourth-order valence-electron chi connectivity index (χ4n) is 4.05. The third kappa shape index (κ3) is 3.49. The highest BCUT2D eigenvalue weighted by Gasteiger charge is 2.20. The number of rotatable bonds is 4. The highest BCUT2D eigenvalue weighted by molar-refractivity contribution is 6.08. The Hall–Kier alpha value is -1.52. The lowest BCUT2D eigenvalue weighted by Gasteiger charge is -2.33. The lowest BCUT2D eigenvalue weighted by molar-refractivity contribution is 0.203. The molecule has 140 valence electrons. The zero-order chi connectivity index (χ0) is 16.5. The summed E-state index contributed by atoms with van der Waals surface area (Å²) in [5.74, 6) is 0. The van der Waals surface area contributed by atoms with Gasteiger partial charge in [0.05, 0.1) is 6.04 Å². The van der Waals surface area contributed by atoms with Crippen LogP contribution in [0.5, 0.6) is 0 Å². The van der Waals surface area contributed by atoms with E-state index in [0.29, 0.717) is 6.04 Å². The predicted octanol–water partition coefficient (Wildman–Crippen LogP) is 4.79. The minimum atomic E-state index is 0. The molecule has 5 heteroatoms. The van der Waals surface area contributed by atoms with E-state index >= 15 is 0 Å². The number of halogens is 2. The first-order chi connectivity index (χ1) is 11.8. The first-order valence-electron chi connectivity index (χ1n) is 8.91. The number of para-hydroxylation sites is 1. The van der Waals surface area contributed by atoms with Gasteiger partial charge in [-0.05, 0) is 30.7 Å². The van der Waals surface area contributed by atoms with E-state index in [0.717, 1.165) is 32.7 Å². The quantitative estimate of drug-likeness (QED) is 0.645. The monoisotopic (exact) mass is 391 g/mol. The number of fused-ring (bicyclic) bond motifs is 3. The van der Waals surface area contributed by atoms with E-state index in [4.69, 9.17) is 0 Å². The maximum Gasteiger partial charge on any atom is 0.0530 e. The highest BCUT2D eigenvalue weighted by Crippen LogP contribution is 2.32. The van der Waals surface area contributed by atoms with E-state index in [1.807, 2.05) is 0 Å². The van der Waals surface area contributed by atoms with E-state index in [-0.39, 0.29) is 24.8 Å². The molecule has 1 aromatic heterocycles. The van der Waals surface area contributed by atoms with Crippen molar-refractivity contribution in [2.24, 2.45) is 0 Å². The van der Waals surface area contributed by atoms with Gasteiger partial charge in [0.2, 0.25) is 0 Å². The number of aromatic nitrogens is 1. The summed E-state index contributed by atoms with van der Waals surface area (Å²) in [5.41, 5.74) is 3.99. The molecule has 3 nitrogen and oxygen atoms in total. The molecule has 0 saturated carbocycles. The Balaban J connectivity index is 0.00000121. The van der Waals surface area contributed by atoms with Crippen LogP contribution in [0.2, 0.25) is 0 Å². The summed E-state index contributed by atoms with van der Waals surface area (Å²) in [5, 5.41) is 6.13. The lowest BCUT2D eigenvalue weighted by Crippen LogP contribution is -2.44. The number of piperazine rings is 1. The van der Waals surface area contributed by atoms with E-state index in [2.05, 4.69) is 76.8 Å². The molecule has 0 radical (unpaired) electrons. The van der Waals surface area contributed by atoms with Gasteiger partial charge in [-0.15, -0.1) is 31.4 Å². The maximum absolute atomic E-state index is 4.11. The number of nitrogens with zero attached hydrogens (tertiary/aromatic N) is 2. The third-order valence-electron chi connectivity index (χ3n) is 5.22. The van der Waals surface area contributed by atoms with Gasteiger partial charge in [0.1, 0.15) is 0 Å². The molecule has 1 saturated heterocycles. The van der Waals surface area contributed by atoms with E-state index in [1.165, 1.54) is 27.4 Å². The first-order valence-corrected chi connectivity index (χ1v) is 8.91. The summed E-state index contributed by atoms with van der Waals surface area (Å²) in [6.07, 6.45) is 2.09. The average molecular weight is 392 g/mol. The smallest absolute Gasteiger partial charge is 0.0530 e. The summed E-state index contributed by atoms with van der Waals surface area (Å²) >= 11 is 0. The standard InChI is InChI=1S/C21H25N3.2ClH/c1-3-19(23-13-11-22-12-14-23)16-9-10-21-18(15-16)17-7-5-6-8-20(17)24(21)4-2;;/h3,5-10,15,19,22H,1,4,11-14H2,2H3;2*1H/t19-;;/m0../s1. The van der Waals surface area contributed by atoms with Crippen molar-refractivity contribution in [3.8, 4) is 0 Å². The Morgan fingerprint density at radius 3 is 2.42 bits per heavy atom. The van der Waals surface area contributed by atoms with Crippen molar-refractivity contribution in [1.82, 2.24) is 14.8 Å². The second-order valence-electron chi connectivity index (χ2n) is 6.50. The van der Waals surface area contributed by atoms with Gasteiger partial charge >= 0.3 is 0 Å². The maximum atomic E-state index is 4.11. The van der Waals surface area contributed by atoms with E-state index in [1.54, 1.807) is 0 Å². The van der Waals surface area contributed by atoms with Crippen LogP contribution in [0.1, 0.15) is 18.5 Å². The minimum Gasteiger partial charge on any atom is -0.341 e. The van der Waals surface area contributed by atoms with Crippen molar-refractivity contribution in [2.75, 3.05) is 26.2 Å². The van der Waals surface area contributed by atoms with Crippen LogP contribution in [0, 0.1) is 0 Å². The second-order valence-corrected chi connectivity index (χ2v) is 6.50. The Bertz CT molecular complexity index is 881. The van der Waals surface area contributed by atoms with Gasteiger partial charge in [0.15, 0.2) is 0 Å². The molecule has 0 amide bonds. The molecule has 0 bridgehead atoms.